The number of hydrogen-bond acceptors (Lipinski definition) is 3. The van der Waals surface area contributed by atoms with Crippen molar-refractivity contribution in [1.29, 1.82) is 0 Å². The Morgan fingerprint density at radius 2 is 1.74 bits per heavy atom. The Labute approximate surface area is 138 Å². The minimum absolute atomic E-state index is 0.328. The van der Waals surface area contributed by atoms with E-state index >= 15 is 0 Å². The van der Waals surface area contributed by atoms with Crippen molar-refractivity contribution >= 4 is 5.70 Å². The van der Waals surface area contributed by atoms with E-state index in [9.17, 15) is 0 Å². The molecular formula is C20H27N3. The molecule has 4 N–H and O–H groups in total. The number of fused-ring (bicyclic) bond motifs is 1. The van der Waals surface area contributed by atoms with Crippen LogP contribution in [-0.2, 0) is 5.54 Å². The van der Waals surface area contributed by atoms with Gasteiger partial charge in [-0.15, -0.1) is 0 Å². The highest BCUT2D eigenvalue weighted by Gasteiger charge is 2.53. The topological polar surface area (TPSA) is 64.9 Å². The SMILES string of the molecule is NC1=CCC(N)(CC23CC4CC(CC(C4)C2)C3)c2ncccc21. The first kappa shape index (κ1) is 14.0. The number of nitrogens with zero attached hydrogens (tertiary/aromatic N) is 1. The molecule has 3 nitrogen and oxygen atoms in total. The van der Waals surface area contributed by atoms with Gasteiger partial charge in [0.1, 0.15) is 0 Å². The largest absolute Gasteiger partial charge is 0.398 e. The second-order valence-electron chi connectivity index (χ2n) is 9.01. The maximum absolute atomic E-state index is 6.99. The van der Waals surface area contributed by atoms with Crippen LogP contribution in [0.1, 0.15) is 62.6 Å². The smallest absolute Gasteiger partial charge is 0.0698 e. The average Bonchev–Trinajstić information content (AvgIpc) is 2.50. The molecular weight excluding hydrogens is 282 g/mol. The molecule has 4 bridgehead atoms. The Morgan fingerprint density at radius 3 is 2.39 bits per heavy atom. The first-order valence-corrected chi connectivity index (χ1v) is 9.26. The Kier molecular flexibility index (Phi) is 2.80. The van der Waals surface area contributed by atoms with Crippen LogP contribution < -0.4 is 11.5 Å². The van der Waals surface area contributed by atoms with E-state index in [1.54, 1.807) is 0 Å². The van der Waals surface area contributed by atoms with E-state index < -0.39 is 0 Å². The molecule has 1 atom stereocenters. The van der Waals surface area contributed by atoms with Crippen molar-refractivity contribution in [3.63, 3.8) is 0 Å². The van der Waals surface area contributed by atoms with Gasteiger partial charge < -0.3 is 11.5 Å². The van der Waals surface area contributed by atoms with Crippen LogP contribution in [0.5, 0.6) is 0 Å². The lowest BCUT2D eigenvalue weighted by molar-refractivity contribution is -0.0690. The molecule has 1 heterocycles. The van der Waals surface area contributed by atoms with Crippen LogP contribution in [-0.4, -0.2) is 4.98 Å². The molecule has 0 aromatic carbocycles. The maximum atomic E-state index is 6.99. The number of aromatic nitrogens is 1. The summed E-state index contributed by atoms with van der Waals surface area (Å²) < 4.78 is 0. The summed E-state index contributed by atoms with van der Waals surface area (Å²) in [5.41, 5.74) is 16.3. The first-order chi connectivity index (χ1) is 11.1. The van der Waals surface area contributed by atoms with E-state index in [-0.39, 0.29) is 5.54 Å². The molecule has 6 rings (SSSR count). The molecule has 1 aromatic rings. The van der Waals surface area contributed by atoms with E-state index in [0.29, 0.717) is 5.41 Å². The molecule has 1 aromatic heterocycles. The highest BCUT2D eigenvalue weighted by molar-refractivity contribution is 5.67. The summed E-state index contributed by atoms with van der Waals surface area (Å²) in [6.45, 7) is 0. The van der Waals surface area contributed by atoms with Gasteiger partial charge in [-0.05, 0) is 86.7 Å². The van der Waals surface area contributed by atoms with Gasteiger partial charge in [-0.3, -0.25) is 4.98 Å². The van der Waals surface area contributed by atoms with E-state index in [0.717, 1.165) is 47.5 Å². The monoisotopic (exact) mass is 309 g/mol. The minimum Gasteiger partial charge on any atom is -0.398 e. The van der Waals surface area contributed by atoms with Gasteiger partial charge in [0.05, 0.1) is 11.2 Å². The molecule has 0 radical (unpaired) electrons. The van der Waals surface area contributed by atoms with Crippen molar-refractivity contribution in [1.82, 2.24) is 4.98 Å². The lowest BCUT2D eigenvalue weighted by Crippen LogP contribution is -2.52. The summed E-state index contributed by atoms with van der Waals surface area (Å²) in [5, 5.41) is 0. The Bertz CT molecular complexity index is 642. The summed E-state index contributed by atoms with van der Waals surface area (Å²) in [6.07, 6.45) is 14.6. The van der Waals surface area contributed by atoms with Crippen LogP contribution >= 0.6 is 0 Å². The van der Waals surface area contributed by atoms with Crippen LogP contribution in [0, 0.1) is 23.2 Å². The van der Waals surface area contributed by atoms with Crippen molar-refractivity contribution in [2.75, 3.05) is 0 Å². The third kappa shape index (κ3) is 2.09. The zero-order valence-corrected chi connectivity index (χ0v) is 13.8. The lowest BCUT2D eigenvalue weighted by atomic mass is 9.47. The molecule has 0 spiro atoms. The summed E-state index contributed by atoms with van der Waals surface area (Å²) >= 11 is 0. The zero-order chi connectivity index (χ0) is 15.7. The average molecular weight is 309 g/mol. The quantitative estimate of drug-likeness (QED) is 0.878. The van der Waals surface area contributed by atoms with Crippen LogP contribution in [0.3, 0.4) is 0 Å². The molecule has 0 aliphatic heterocycles. The van der Waals surface area contributed by atoms with E-state index in [4.69, 9.17) is 11.5 Å². The molecule has 23 heavy (non-hydrogen) atoms. The van der Waals surface area contributed by atoms with E-state index in [1.807, 2.05) is 12.3 Å². The number of nitrogens with two attached hydrogens (primary N) is 2. The summed E-state index contributed by atoms with van der Waals surface area (Å²) in [7, 11) is 0. The van der Waals surface area contributed by atoms with E-state index in [1.165, 1.54) is 38.5 Å². The summed E-state index contributed by atoms with van der Waals surface area (Å²) in [5.74, 6) is 2.91. The predicted molar refractivity (Wildman–Crippen MR) is 92.1 cm³/mol. The molecule has 5 aliphatic rings. The van der Waals surface area contributed by atoms with Crippen LogP contribution in [0.4, 0.5) is 0 Å². The molecule has 122 valence electrons. The Hall–Kier alpha value is -1.35. The molecule has 0 amide bonds. The summed E-state index contributed by atoms with van der Waals surface area (Å²) in [4.78, 5) is 4.68. The number of pyridine rings is 1. The molecule has 4 saturated carbocycles. The highest BCUT2D eigenvalue weighted by Crippen LogP contribution is 2.63. The van der Waals surface area contributed by atoms with Gasteiger partial charge in [0.25, 0.3) is 0 Å². The first-order valence-electron chi connectivity index (χ1n) is 9.26. The fourth-order valence-corrected chi connectivity index (χ4v) is 6.87. The van der Waals surface area contributed by atoms with Crippen LogP contribution in [0.15, 0.2) is 24.4 Å². The third-order valence-corrected chi connectivity index (χ3v) is 7.13. The molecule has 5 aliphatic carbocycles. The van der Waals surface area contributed by atoms with Crippen molar-refractivity contribution in [3.8, 4) is 0 Å². The number of hydrogen-bond donors (Lipinski definition) is 2. The second kappa shape index (κ2) is 4.60. The lowest BCUT2D eigenvalue weighted by Gasteiger charge is -2.59. The third-order valence-electron chi connectivity index (χ3n) is 7.13. The van der Waals surface area contributed by atoms with Gasteiger partial charge in [-0.2, -0.15) is 0 Å². The minimum atomic E-state index is -0.328. The van der Waals surface area contributed by atoms with Gasteiger partial charge in [0.15, 0.2) is 0 Å². The van der Waals surface area contributed by atoms with Gasteiger partial charge in [0.2, 0.25) is 0 Å². The van der Waals surface area contributed by atoms with Crippen LogP contribution in [0.2, 0.25) is 0 Å². The fraction of sp³-hybridized carbons (Fsp3) is 0.650. The zero-order valence-electron chi connectivity index (χ0n) is 13.8. The van der Waals surface area contributed by atoms with Crippen molar-refractivity contribution in [2.45, 2.75) is 56.9 Å². The summed E-state index contributed by atoms with van der Waals surface area (Å²) in [6, 6.07) is 4.05. The Balaban J connectivity index is 1.51. The molecule has 4 fully saturated rings. The fourth-order valence-electron chi connectivity index (χ4n) is 6.87. The standard InChI is InChI=1S/C20H27N3/c21-17-3-4-20(22,18-16(17)2-1-5-23-18)12-19-9-13-6-14(10-19)8-15(7-13)11-19/h1-3,5,13-15H,4,6-12,21-22H2. The van der Waals surface area contributed by atoms with Gasteiger partial charge >= 0.3 is 0 Å². The highest BCUT2D eigenvalue weighted by atomic mass is 14.9. The molecule has 0 saturated heterocycles. The number of rotatable bonds is 2. The molecule has 3 heteroatoms. The van der Waals surface area contributed by atoms with Gasteiger partial charge in [-0.25, -0.2) is 0 Å². The van der Waals surface area contributed by atoms with Gasteiger partial charge in [-0.1, -0.05) is 6.08 Å². The van der Waals surface area contributed by atoms with Crippen LogP contribution in [0.25, 0.3) is 5.70 Å². The van der Waals surface area contributed by atoms with Crippen molar-refractivity contribution in [3.05, 3.63) is 35.7 Å². The maximum Gasteiger partial charge on any atom is 0.0698 e. The van der Waals surface area contributed by atoms with Crippen molar-refractivity contribution in [2.24, 2.45) is 34.6 Å². The second-order valence-corrected chi connectivity index (χ2v) is 9.01. The Morgan fingerprint density at radius 1 is 1.09 bits per heavy atom. The van der Waals surface area contributed by atoms with Crippen molar-refractivity contribution < 1.29 is 0 Å². The predicted octanol–water partition coefficient (Wildman–Crippen LogP) is 3.55. The van der Waals surface area contributed by atoms with E-state index in [2.05, 4.69) is 17.1 Å². The van der Waals surface area contributed by atoms with Gasteiger partial charge in [0, 0.05) is 17.5 Å². The normalized spacial score (nSPS) is 44.0. The molecule has 1 unspecified atom stereocenters.